The van der Waals surface area contributed by atoms with Crippen LogP contribution in [0.4, 0.5) is 0 Å². The number of rotatable bonds is 9. The number of fused-ring (bicyclic) bond motifs is 1. The zero-order chi connectivity index (χ0) is 22.7. The molecule has 3 rings (SSSR count). The molecule has 0 saturated heterocycles. The van der Waals surface area contributed by atoms with Crippen LogP contribution >= 0.6 is 0 Å². The Balaban J connectivity index is 2.16. The number of carboxylic acids is 1. The normalized spacial score (nSPS) is 12.5. The quantitative estimate of drug-likeness (QED) is 0.499. The molecule has 0 aliphatic carbocycles. The lowest BCUT2D eigenvalue weighted by atomic mass is 9.97. The van der Waals surface area contributed by atoms with Gasteiger partial charge in [0.2, 0.25) is 6.10 Å². The van der Waals surface area contributed by atoms with E-state index in [1.165, 1.54) is 4.74 Å². The van der Waals surface area contributed by atoms with Crippen LogP contribution in [0.15, 0.2) is 39.6 Å². The van der Waals surface area contributed by atoms with E-state index >= 15 is 0 Å². The molecule has 0 radical (unpaired) electrons. The van der Waals surface area contributed by atoms with E-state index in [9.17, 15) is 14.7 Å². The molecule has 166 valence electrons. The largest absolute Gasteiger partial charge is 0.478 e. The van der Waals surface area contributed by atoms with Crippen LogP contribution in [0, 0.1) is 0 Å². The Morgan fingerprint density at radius 1 is 1.10 bits per heavy atom. The molecule has 1 aromatic heterocycles. The predicted octanol–water partition coefficient (Wildman–Crippen LogP) is 5.36. The van der Waals surface area contributed by atoms with Gasteiger partial charge in [0.15, 0.2) is 5.58 Å². The monoisotopic (exact) mass is 425 g/mol. The Labute approximate surface area is 182 Å². The van der Waals surface area contributed by atoms with Gasteiger partial charge in [0.1, 0.15) is 5.75 Å². The number of carbonyl (C=O) groups is 1. The first kappa shape index (κ1) is 22.7. The average molecular weight is 426 g/mol. The average Bonchev–Trinajstić information content (AvgIpc) is 3.01. The standard InChI is InChI=1S/C25H31NO5/c1-6-8-18-14-20-23(31-26(5)24(20)27)19(9-7-2)21(18)30-22(25(28)29)17-12-10-16(11-13-17)15(3)4/h10-15,22H,6-9H2,1-5H3,(H,28,29)/t22-/m0/s1. The fraction of sp³-hybridized carbons (Fsp3) is 0.440. The number of aryl methyl sites for hydroxylation is 3. The molecule has 0 saturated carbocycles. The highest BCUT2D eigenvalue weighted by atomic mass is 16.5. The molecule has 1 N–H and O–H groups in total. The number of ether oxygens (including phenoxy) is 1. The maximum atomic E-state index is 12.5. The summed E-state index contributed by atoms with van der Waals surface area (Å²) in [6.07, 6.45) is 1.79. The van der Waals surface area contributed by atoms with Gasteiger partial charge >= 0.3 is 5.97 Å². The first-order chi connectivity index (χ1) is 14.8. The van der Waals surface area contributed by atoms with E-state index in [1.54, 1.807) is 13.1 Å². The van der Waals surface area contributed by atoms with Crippen molar-refractivity contribution in [2.24, 2.45) is 7.05 Å². The number of aliphatic carboxylic acids is 1. The van der Waals surface area contributed by atoms with Crippen molar-refractivity contribution in [1.29, 1.82) is 0 Å². The van der Waals surface area contributed by atoms with Gasteiger partial charge in [0, 0.05) is 18.2 Å². The Hall–Kier alpha value is -3.02. The van der Waals surface area contributed by atoms with Gasteiger partial charge in [0.25, 0.3) is 5.56 Å². The van der Waals surface area contributed by atoms with Crippen LogP contribution in [0.1, 0.15) is 74.8 Å². The first-order valence-corrected chi connectivity index (χ1v) is 10.9. The molecule has 0 unspecified atom stereocenters. The minimum atomic E-state index is -1.15. The number of carboxylic acid groups (broad SMARTS) is 1. The van der Waals surface area contributed by atoms with Crippen molar-refractivity contribution in [3.05, 3.63) is 62.9 Å². The Morgan fingerprint density at radius 3 is 2.26 bits per heavy atom. The predicted molar refractivity (Wildman–Crippen MR) is 121 cm³/mol. The van der Waals surface area contributed by atoms with Gasteiger partial charge in [-0.2, -0.15) is 4.74 Å². The summed E-state index contributed by atoms with van der Waals surface area (Å²) in [5.74, 6) is -0.184. The van der Waals surface area contributed by atoms with Crippen molar-refractivity contribution in [2.75, 3.05) is 0 Å². The summed E-state index contributed by atoms with van der Waals surface area (Å²) in [6, 6.07) is 9.31. The van der Waals surface area contributed by atoms with Gasteiger partial charge in [-0.1, -0.05) is 64.8 Å². The van der Waals surface area contributed by atoms with Crippen LogP contribution in [0.2, 0.25) is 0 Å². The van der Waals surface area contributed by atoms with Gasteiger partial charge in [-0.05, 0) is 36.0 Å². The van der Waals surface area contributed by atoms with Crippen molar-refractivity contribution >= 4 is 16.9 Å². The number of benzene rings is 2. The van der Waals surface area contributed by atoms with E-state index in [1.807, 2.05) is 38.1 Å². The maximum Gasteiger partial charge on any atom is 0.349 e. The lowest BCUT2D eigenvalue weighted by Gasteiger charge is -2.21. The molecule has 1 atom stereocenters. The van der Waals surface area contributed by atoms with Crippen LogP contribution in [0.5, 0.6) is 5.75 Å². The molecule has 0 spiro atoms. The third-order valence-corrected chi connectivity index (χ3v) is 5.53. The molecule has 2 aromatic carbocycles. The molecule has 6 nitrogen and oxygen atoms in total. The van der Waals surface area contributed by atoms with Gasteiger partial charge in [-0.3, -0.25) is 4.79 Å². The second-order valence-electron chi connectivity index (χ2n) is 8.27. The molecule has 0 fully saturated rings. The molecule has 0 amide bonds. The third-order valence-electron chi connectivity index (χ3n) is 5.53. The van der Waals surface area contributed by atoms with E-state index in [0.717, 1.165) is 29.5 Å². The molecule has 0 aliphatic heterocycles. The minimum absolute atomic E-state index is 0.199. The highest BCUT2D eigenvalue weighted by Crippen LogP contribution is 2.36. The fourth-order valence-electron chi connectivity index (χ4n) is 3.89. The van der Waals surface area contributed by atoms with Crippen molar-refractivity contribution in [2.45, 2.75) is 65.4 Å². The van der Waals surface area contributed by atoms with Crippen molar-refractivity contribution in [3.8, 4) is 5.75 Å². The molecular formula is C25H31NO5. The molecule has 6 heteroatoms. The zero-order valence-corrected chi connectivity index (χ0v) is 18.9. The molecule has 1 heterocycles. The first-order valence-electron chi connectivity index (χ1n) is 10.9. The number of aromatic nitrogens is 1. The highest BCUT2D eigenvalue weighted by molar-refractivity contribution is 5.84. The second-order valence-corrected chi connectivity index (χ2v) is 8.27. The third kappa shape index (κ3) is 4.53. The fourth-order valence-corrected chi connectivity index (χ4v) is 3.89. The lowest BCUT2D eigenvalue weighted by Crippen LogP contribution is -2.20. The molecular weight excluding hydrogens is 394 g/mol. The summed E-state index contributed by atoms with van der Waals surface area (Å²) in [7, 11) is 1.58. The van der Waals surface area contributed by atoms with Crippen molar-refractivity contribution in [1.82, 2.24) is 4.74 Å². The highest BCUT2D eigenvalue weighted by Gasteiger charge is 2.27. The summed E-state index contributed by atoms with van der Waals surface area (Å²) in [5.41, 5.74) is 3.59. The molecule has 0 aliphatic rings. The SMILES string of the molecule is CCCc1cc2c(=O)n(C)oc2c(CCC)c1O[C@H](C(=O)O)c1ccc(C(C)C)cc1. The van der Waals surface area contributed by atoms with E-state index in [-0.39, 0.29) is 5.56 Å². The van der Waals surface area contributed by atoms with Gasteiger partial charge in [0.05, 0.1) is 5.39 Å². The van der Waals surface area contributed by atoms with Crippen LogP contribution in [-0.2, 0) is 24.7 Å². The summed E-state index contributed by atoms with van der Waals surface area (Å²) >= 11 is 0. The summed E-state index contributed by atoms with van der Waals surface area (Å²) in [4.78, 5) is 24.7. The van der Waals surface area contributed by atoms with Gasteiger partial charge in [-0.15, -0.1) is 0 Å². The van der Waals surface area contributed by atoms with E-state index in [4.69, 9.17) is 9.26 Å². The van der Waals surface area contributed by atoms with Crippen LogP contribution < -0.4 is 10.3 Å². The van der Waals surface area contributed by atoms with Gasteiger partial charge < -0.3 is 14.4 Å². The zero-order valence-electron chi connectivity index (χ0n) is 18.9. The second kappa shape index (κ2) is 9.41. The molecule has 0 bridgehead atoms. The van der Waals surface area contributed by atoms with Crippen LogP contribution in [-0.4, -0.2) is 15.8 Å². The summed E-state index contributed by atoms with van der Waals surface area (Å²) in [5, 5.41) is 10.5. The van der Waals surface area contributed by atoms with Crippen molar-refractivity contribution in [3.63, 3.8) is 0 Å². The topological polar surface area (TPSA) is 81.7 Å². The van der Waals surface area contributed by atoms with E-state index < -0.39 is 12.1 Å². The van der Waals surface area contributed by atoms with E-state index in [0.29, 0.717) is 41.0 Å². The lowest BCUT2D eigenvalue weighted by molar-refractivity contribution is -0.145. The van der Waals surface area contributed by atoms with Crippen LogP contribution in [0.3, 0.4) is 0 Å². The van der Waals surface area contributed by atoms with Gasteiger partial charge in [-0.25, -0.2) is 4.79 Å². The van der Waals surface area contributed by atoms with Crippen LogP contribution in [0.25, 0.3) is 11.0 Å². The Kier molecular flexibility index (Phi) is 6.88. The van der Waals surface area contributed by atoms with E-state index in [2.05, 4.69) is 13.8 Å². The Morgan fingerprint density at radius 2 is 1.71 bits per heavy atom. The number of hydrogen-bond donors (Lipinski definition) is 1. The Bertz CT molecular complexity index is 1120. The summed E-state index contributed by atoms with van der Waals surface area (Å²) < 4.78 is 13.1. The smallest absolute Gasteiger partial charge is 0.349 e. The maximum absolute atomic E-state index is 12.5. The minimum Gasteiger partial charge on any atom is -0.478 e. The number of nitrogens with zero attached hydrogens (tertiary/aromatic N) is 1. The van der Waals surface area contributed by atoms with Crippen molar-refractivity contribution < 1.29 is 19.2 Å². The molecule has 31 heavy (non-hydrogen) atoms. The molecule has 3 aromatic rings. The number of hydrogen-bond acceptors (Lipinski definition) is 4. The summed E-state index contributed by atoms with van der Waals surface area (Å²) in [6.45, 7) is 8.26.